The van der Waals surface area contributed by atoms with Crippen molar-refractivity contribution in [3.8, 4) is 0 Å². The third kappa shape index (κ3) is 4.81. The topological polar surface area (TPSA) is 63.3 Å². The summed E-state index contributed by atoms with van der Waals surface area (Å²) in [7, 11) is 2.12. The van der Waals surface area contributed by atoms with Crippen LogP contribution in [-0.2, 0) is 14.2 Å². The van der Waals surface area contributed by atoms with E-state index in [1.807, 2.05) is 4.90 Å². The zero-order valence-corrected chi connectivity index (χ0v) is 14.7. The van der Waals surface area contributed by atoms with Crippen molar-refractivity contribution in [2.75, 3.05) is 66.3 Å². The summed E-state index contributed by atoms with van der Waals surface area (Å²) >= 11 is 0. The van der Waals surface area contributed by atoms with Crippen LogP contribution < -0.4 is 5.32 Å². The molecule has 3 atom stereocenters. The molecule has 3 saturated heterocycles. The molecular formula is C17H31N3O4. The molecule has 7 nitrogen and oxygen atoms in total. The molecule has 24 heavy (non-hydrogen) atoms. The number of fused-ring (bicyclic) bond motifs is 1. The highest BCUT2D eigenvalue weighted by Gasteiger charge is 2.36. The minimum absolute atomic E-state index is 0.0385. The molecule has 0 unspecified atom stereocenters. The van der Waals surface area contributed by atoms with Gasteiger partial charge in [0.05, 0.1) is 32.0 Å². The molecule has 0 bridgehead atoms. The molecule has 7 heteroatoms. The van der Waals surface area contributed by atoms with Gasteiger partial charge in [0.2, 0.25) is 0 Å². The number of nitrogens with one attached hydrogen (secondary N) is 1. The summed E-state index contributed by atoms with van der Waals surface area (Å²) in [5, 5.41) is 3.01. The molecule has 3 fully saturated rings. The molecule has 0 aromatic rings. The minimum atomic E-state index is 0.0385. The van der Waals surface area contributed by atoms with E-state index in [1.54, 1.807) is 0 Å². The van der Waals surface area contributed by atoms with E-state index >= 15 is 0 Å². The average molecular weight is 341 g/mol. The molecule has 1 N–H and O–H groups in total. The SMILES string of the molecule is CN1CCO[C@@H]2CCN(C(=O)NCCCOC[C@H]3CCOC3)C[C@H]21. The number of morpholine rings is 1. The number of hydrogen-bond acceptors (Lipinski definition) is 5. The minimum Gasteiger partial charge on any atom is -0.381 e. The van der Waals surface area contributed by atoms with Crippen molar-refractivity contribution in [3.05, 3.63) is 0 Å². The van der Waals surface area contributed by atoms with Crippen LogP contribution >= 0.6 is 0 Å². The van der Waals surface area contributed by atoms with Gasteiger partial charge in [-0.2, -0.15) is 0 Å². The first-order valence-corrected chi connectivity index (χ1v) is 9.24. The lowest BCUT2D eigenvalue weighted by molar-refractivity contribution is -0.0881. The predicted molar refractivity (Wildman–Crippen MR) is 90.1 cm³/mol. The van der Waals surface area contributed by atoms with Crippen LogP contribution in [0.5, 0.6) is 0 Å². The van der Waals surface area contributed by atoms with Gasteiger partial charge in [-0.05, 0) is 26.3 Å². The third-order valence-electron chi connectivity index (χ3n) is 5.27. The summed E-state index contributed by atoms with van der Waals surface area (Å²) in [6.45, 7) is 7.10. The first kappa shape index (κ1) is 17.9. The normalized spacial score (nSPS) is 31.0. The molecule has 3 heterocycles. The molecule has 3 aliphatic rings. The van der Waals surface area contributed by atoms with Crippen molar-refractivity contribution in [2.24, 2.45) is 5.92 Å². The molecule has 3 aliphatic heterocycles. The predicted octanol–water partition coefficient (Wildman–Crippen LogP) is 0.544. The number of carbonyl (C=O) groups excluding carboxylic acids is 1. The summed E-state index contributed by atoms with van der Waals surface area (Å²) in [6, 6.07) is 0.367. The highest BCUT2D eigenvalue weighted by atomic mass is 16.5. The Kier molecular flexibility index (Phi) is 6.71. The van der Waals surface area contributed by atoms with Crippen LogP contribution in [0.3, 0.4) is 0 Å². The van der Waals surface area contributed by atoms with Gasteiger partial charge in [-0.1, -0.05) is 0 Å². The van der Waals surface area contributed by atoms with E-state index in [0.29, 0.717) is 25.1 Å². The molecule has 0 saturated carbocycles. The highest BCUT2D eigenvalue weighted by Crippen LogP contribution is 2.21. The maximum Gasteiger partial charge on any atom is 0.317 e. The second kappa shape index (κ2) is 8.99. The van der Waals surface area contributed by atoms with Crippen molar-refractivity contribution in [1.82, 2.24) is 15.1 Å². The van der Waals surface area contributed by atoms with Gasteiger partial charge in [-0.25, -0.2) is 4.79 Å². The first-order chi connectivity index (χ1) is 11.7. The Labute approximate surface area is 144 Å². The summed E-state index contributed by atoms with van der Waals surface area (Å²) in [5.41, 5.74) is 0. The molecule has 0 radical (unpaired) electrons. The largest absolute Gasteiger partial charge is 0.381 e. The average Bonchev–Trinajstić information content (AvgIpc) is 3.11. The number of carbonyl (C=O) groups is 1. The lowest BCUT2D eigenvalue weighted by atomic mass is 9.99. The molecule has 3 rings (SSSR count). The summed E-state index contributed by atoms with van der Waals surface area (Å²) in [4.78, 5) is 16.6. The van der Waals surface area contributed by atoms with E-state index in [1.165, 1.54) is 0 Å². The molecule has 0 aromatic carbocycles. The van der Waals surface area contributed by atoms with E-state index < -0.39 is 0 Å². The van der Waals surface area contributed by atoms with Gasteiger partial charge in [-0.3, -0.25) is 4.90 Å². The van der Waals surface area contributed by atoms with Crippen LogP contribution in [0, 0.1) is 5.92 Å². The lowest BCUT2D eigenvalue weighted by Gasteiger charge is -2.45. The van der Waals surface area contributed by atoms with Gasteiger partial charge in [0, 0.05) is 45.3 Å². The summed E-state index contributed by atoms with van der Waals surface area (Å²) in [5.74, 6) is 0.551. The number of urea groups is 1. The van der Waals surface area contributed by atoms with Crippen molar-refractivity contribution >= 4 is 6.03 Å². The Bertz CT molecular complexity index is 403. The number of nitrogens with zero attached hydrogens (tertiary/aromatic N) is 2. The zero-order chi connectivity index (χ0) is 16.8. The van der Waals surface area contributed by atoms with Crippen LogP contribution in [0.15, 0.2) is 0 Å². The molecule has 138 valence electrons. The van der Waals surface area contributed by atoms with E-state index in [4.69, 9.17) is 14.2 Å². The first-order valence-electron chi connectivity index (χ1n) is 9.24. The Hall–Kier alpha value is -0.890. The smallest absolute Gasteiger partial charge is 0.317 e. The van der Waals surface area contributed by atoms with Gasteiger partial charge in [0.15, 0.2) is 0 Å². The molecule has 0 aliphatic carbocycles. The van der Waals surface area contributed by atoms with Crippen molar-refractivity contribution in [1.29, 1.82) is 0 Å². The standard InChI is InChI=1S/C17H31N3O4/c1-19-7-10-24-16-3-6-20(11-15(16)19)17(21)18-5-2-8-22-12-14-4-9-23-13-14/h14-16H,2-13H2,1H3,(H,18,21)/t14-,15-,16-/m1/s1. The van der Waals surface area contributed by atoms with E-state index in [9.17, 15) is 4.79 Å². The monoisotopic (exact) mass is 341 g/mol. The van der Waals surface area contributed by atoms with Gasteiger partial charge in [0.25, 0.3) is 0 Å². The number of likely N-dealkylation sites (tertiary alicyclic amines) is 1. The van der Waals surface area contributed by atoms with E-state index in [0.717, 1.165) is 65.3 Å². The van der Waals surface area contributed by atoms with Crippen LogP contribution in [0.1, 0.15) is 19.3 Å². The molecule has 0 aromatic heterocycles. The van der Waals surface area contributed by atoms with Crippen molar-refractivity contribution in [3.63, 3.8) is 0 Å². The fraction of sp³-hybridized carbons (Fsp3) is 0.941. The molecular weight excluding hydrogens is 310 g/mol. The van der Waals surface area contributed by atoms with Crippen LogP contribution in [0.4, 0.5) is 4.79 Å². The van der Waals surface area contributed by atoms with Crippen LogP contribution in [0.25, 0.3) is 0 Å². The summed E-state index contributed by atoms with van der Waals surface area (Å²) < 4.78 is 16.8. The van der Waals surface area contributed by atoms with E-state index in [-0.39, 0.29) is 12.1 Å². The molecule has 0 spiro atoms. The second-order valence-electron chi connectivity index (χ2n) is 7.08. The van der Waals surface area contributed by atoms with Gasteiger partial charge < -0.3 is 24.4 Å². The lowest BCUT2D eigenvalue weighted by Crippen LogP contribution is -2.60. The maximum absolute atomic E-state index is 12.3. The number of rotatable bonds is 6. The highest BCUT2D eigenvalue weighted by molar-refractivity contribution is 5.74. The summed E-state index contributed by atoms with van der Waals surface area (Å²) in [6.07, 6.45) is 3.16. The third-order valence-corrected chi connectivity index (χ3v) is 5.27. The number of hydrogen-bond donors (Lipinski definition) is 1. The van der Waals surface area contributed by atoms with Crippen molar-refractivity contribution < 1.29 is 19.0 Å². The fourth-order valence-electron chi connectivity index (χ4n) is 3.67. The van der Waals surface area contributed by atoms with E-state index in [2.05, 4.69) is 17.3 Å². The Morgan fingerprint density at radius 1 is 1.29 bits per heavy atom. The molecule has 2 amide bonds. The Balaban J connectivity index is 1.28. The zero-order valence-electron chi connectivity index (χ0n) is 14.7. The van der Waals surface area contributed by atoms with Crippen LogP contribution in [-0.4, -0.2) is 94.2 Å². The number of likely N-dealkylation sites (N-methyl/N-ethyl adjacent to an activating group) is 1. The van der Waals surface area contributed by atoms with Gasteiger partial charge in [0.1, 0.15) is 0 Å². The van der Waals surface area contributed by atoms with Crippen molar-refractivity contribution in [2.45, 2.75) is 31.4 Å². The Morgan fingerprint density at radius 3 is 3.04 bits per heavy atom. The van der Waals surface area contributed by atoms with Gasteiger partial charge >= 0.3 is 6.03 Å². The maximum atomic E-state index is 12.3. The van der Waals surface area contributed by atoms with Crippen LogP contribution in [0.2, 0.25) is 0 Å². The number of amides is 2. The number of ether oxygens (including phenoxy) is 3. The quantitative estimate of drug-likeness (QED) is 0.715. The van der Waals surface area contributed by atoms with Gasteiger partial charge in [-0.15, -0.1) is 0 Å². The second-order valence-corrected chi connectivity index (χ2v) is 7.08. The fourth-order valence-corrected chi connectivity index (χ4v) is 3.67. The Morgan fingerprint density at radius 2 is 2.21 bits per heavy atom. The number of piperidine rings is 1.